The van der Waals surface area contributed by atoms with Crippen LogP contribution in [0.1, 0.15) is 5.56 Å². The molecule has 0 bridgehead atoms. The van der Waals surface area contributed by atoms with E-state index in [1.54, 1.807) is 7.05 Å². The van der Waals surface area contributed by atoms with Crippen molar-refractivity contribution in [2.24, 2.45) is 7.05 Å². The van der Waals surface area contributed by atoms with Crippen LogP contribution < -0.4 is 4.72 Å². The van der Waals surface area contributed by atoms with Gasteiger partial charge in [-0.25, -0.2) is 22.5 Å². The minimum atomic E-state index is -4.59. The number of aryl methyl sites for hydroxylation is 1. The van der Waals surface area contributed by atoms with Gasteiger partial charge in [-0.3, -0.25) is 9.40 Å². The maximum absolute atomic E-state index is 13.9. The molecular weight excluding hydrogens is 428 g/mol. The van der Waals surface area contributed by atoms with E-state index in [9.17, 15) is 26.0 Å². The van der Waals surface area contributed by atoms with E-state index in [4.69, 9.17) is 0 Å². The zero-order valence-corrected chi connectivity index (χ0v) is 15.9. The summed E-state index contributed by atoms with van der Waals surface area (Å²) >= 11 is 0. The van der Waals surface area contributed by atoms with Crippen LogP contribution in [0.4, 0.5) is 23.2 Å². The van der Waals surface area contributed by atoms with Gasteiger partial charge in [-0.05, 0) is 18.2 Å². The summed E-state index contributed by atoms with van der Waals surface area (Å²) in [6.45, 7) is 0. The van der Waals surface area contributed by atoms with Gasteiger partial charge < -0.3 is 0 Å². The van der Waals surface area contributed by atoms with Gasteiger partial charge in [0.05, 0.1) is 35.4 Å². The molecule has 0 fully saturated rings. The van der Waals surface area contributed by atoms with Gasteiger partial charge in [0.1, 0.15) is 10.7 Å². The highest BCUT2D eigenvalue weighted by Gasteiger charge is 2.31. The first-order valence-electron chi connectivity index (χ1n) is 8.27. The zero-order chi connectivity index (χ0) is 21.7. The summed E-state index contributed by atoms with van der Waals surface area (Å²) in [4.78, 5) is 3.44. The van der Waals surface area contributed by atoms with Crippen LogP contribution in [0.5, 0.6) is 0 Å². The molecule has 13 heteroatoms. The molecule has 8 nitrogen and oxygen atoms in total. The molecule has 3 heterocycles. The molecule has 0 aliphatic heterocycles. The van der Waals surface area contributed by atoms with Crippen molar-refractivity contribution >= 4 is 26.6 Å². The minimum Gasteiger partial charge on any atom is -0.277 e. The molecule has 0 aliphatic rings. The number of sulfonamides is 1. The second-order valence-electron chi connectivity index (χ2n) is 6.29. The summed E-state index contributed by atoms with van der Waals surface area (Å²) in [6, 6.07) is 3.73. The largest absolute Gasteiger partial charge is 0.416 e. The van der Waals surface area contributed by atoms with Gasteiger partial charge in [-0.15, -0.1) is 0 Å². The van der Waals surface area contributed by atoms with Crippen LogP contribution >= 0.6 is 0 Å². The first-order chi connectivity index (χ1) is 14.0. The lowest BCUT2D eigenvalue weighted by atomic mass is 10.2. The van der Waals surface area contributed by atoms with Gasteiger partial charge in [0.25, 0.3) is 10.0 Å². The minimum absolute atomic E-state index is 0.0463. The molecule has 4 aromatic rings. The fourth-order valence-corrected chi connectivity index (χ4v) is 3.85. The number of hydrogen-bond donors (Lipinski definition) is 1. The molecule has 1 aromatic carbocycles. The Morgan fingerprint density at radius 2 is 1.87 bits per heavy atom. The second kappa shape index (κ2) is 6.79. The van der Waals surface area contributed by atoms with Crippen LogP contribution in [0.2, 0.25) is 0 Å². The average Bonchev–Trinajstić information content (AvgIpc) is 3.29. The molecule has 4 rings (SSSR count). The maximum atomic E-state index is 13.9. The molecular formula is C17H12F4N6O2S. The normalized spacial score (nSPS) is 12.4. The quantitative estimate of drug-likeness (QED) is 0.492. The molecule has 0 radical (unpaired) electrons. The molecule has 0 unspecified atom stereocenters. The summed E-state index contributed by atoms with van der Waals surface area (Å²) in [7, 11) is -2.67. The monoisotopic (exact) mass is 440 g/mol. The number of nitrogens with one attached hydrogen (secondary N) is 1. The summed E-state index contributed by atoms with van der Waals surface area (Å²) in [6.07, 6.45) is -0.312. The van der Waals surface area contributed by atoms with Gasteiger partial charge >= 0.3 is 6.18 Å². The number of aromatic nitrogens is 5. The summed E-state index contributed by atoms with van der Waals surface area (Å²) in [5, 5.41) is 8.14. The zero-order valence-electron chi connectivity index (χ0n) is 15.1. The Hall–Kier alpha value is -3.48. The average molecular weight is 440 g/mol. The number of hydrogen-bond acceptors (Lipinski definition) is 5. The third kappa shape index (κ3) is 3.58. The topological polar surface area (TPSA) is 94.7 Å². The van der Waals surface area contributed by atoms with Crippen molar-refractivity contribution in [2.75, 3.05) is 4.72 Å². The predicted octanol–water partition coefficient (Wildman–Crippen LogP) is 3.11. The predicted molar refractivity (Wildman–Crippen MR) is 97.8 cm³/mol. The first kappa shape index (κ1) is 19.8. The van der Waals surface area contributed by atoms with Crippen LogP contribution in [0.3, 0.4) is 0 Å². The van der Waals surface area contributed by atoms with Crippen molar-refractivity contribution in [1.82, 2.24) is 24.5 Å². The lowest BCUT2D eigenvalue weighted by Crippen LogP contribution is -2.13. The molecule has 0 saturated carbocycles. The molecule has 0 amide bonds. The van der Waals surface area contributed by atoms with Crippen LogP contribution in [-0.4, -0.2) is 33.0 Å². The highest BCUT2D eigenvalue weighted by molar-refractivity contribution is 7.92. The number of benzene rings is 1. The molecule has 0 saturated heterocycles. The van der Waals surface area contributed by atoms with Crippen LogP contribution in [-0.2, 0) is 23.2 Å². The number of halogens is 4. The van der Waals surface area contributed by atoms with Crippen molar-refractivity contribution in [3.05, 3.63) is 60.4 Å². The van der Waals surface area contributed by atoms with E-state index in [-0.39, 0.29) is 16.4 Å². The van der Waals surface area contributed by atoms with E-state index in [2.05, 4.69) is 19.9 Å². The van der Waals surface area contributed by atoms with E-state index >= 15 is 0 Å². The van der Waals surface area contributed by atoms with Gasteiger partial charge in [-0.1, -0.05) is 0 Å². The van der Waals surface area contributed by atoms with E-state index in [0.717, 1.165) is 41.5 Å². The molecule has 3 aromatic heterocycles. The number of fused-ring (bicyclic) bond motifs is 1. The summed E-state index contributed by atoms with van der Waals surface area (Å²) in [5.74, 6) is -0.886. The Morgan fingerprint density at radius 1 is 1.10 bits per heavy atom. The third-order valence-corrected chi connectivity index (χ3v) is 5.54. The van der Waals surface area contributed by atoms with E-state index < -0.39 is 27.6 Å². The summed E-state index contributed by atoms with van der Waals surface area (Å²) in [5.41, 5.74) is -0.647. The number of pyridine rings is 1. The smallest absolute Gasteiger partial charge is 0.277 e. The van der Waals surface area contributed by atoms with Crippen molar-refractivity contribution in [3.63, 3.8) is 0 Å². The molecule has 1 N–H and O–H groups in total. The highest BCUT2D eigenvalue weighted by Crippen LogP contribution is 2.30. The van der Waals surface area contributed by atoms with Crippen LogP contribution in [0, 0.1) is 5.82 Å². The van der Waals surface area contributed by atoms with E-state index in [0.29, 0.717) is 10.9 Å². The third-order valence-electron chi connectivity index (χ3n) is 4.22. The lowest BCUT2D eigenvalue weighted by molar-refractivity contribution is -0.137. The summed E-state index contributed by atoms with van der Waals surface area (Å²) < 4.78 is 82.5. The first-order valence-corrected chi connectivity index (χ1v) is 9.75. The fourth-order valence-electron chi connectivity index (χ4n) is 2.86. The molecule has 0 atom stereocenters. The van der Waals surface area contributed by atoms with Crippen molar-refractivity contribution in [2.45, 2.75) is 11.1 Å². The Balaban J connectivity index is 1.70. The lowest BCUT2D eigenvalue weighted by Gasteiger charge is -2.09. The molecule has 156 valence electrons. The Morgan fingerprint density at radius 3 is 2.60 bits per heavy atom. The Bertz CT molecular complexity index is 1360. The van der Waals surface area contributed by atoms with E-state index in [1.165, 1.54) is 16.9 Å². The van der Waals surface area contributed by atoms with Crippen LogP contribution in [0.15, 0.2) is 53.9 Å². The molecule has 30 heavy (non-hydrogen) atoms. The van der Waals surface area contributed by atoms with Crippen molar-refractivity contribution in [1.29, 1.82) is 0 Å². The highest BCUT2D eigenvalue weighted by atomic mass is 32.2. The number of nitrogens with zero attached hydrogens (tertiary/aromatic N) is 5. The SMILES string of the molecule is Cn1ncc2cc(F)cc(NS(=O)(=O)c3cnn(-c4cc(C(F)(F)F)ccn4)c3)c21. The van der Waals surface area contributed by atoms with Gasteiger partial charge in [0.2, 0.25) is 0 Å². The maximum Gasteiger partial charge on any atom is 0.416 e. The van der Waals surface area contributed by atoms with Gasteiger partial charge in [0, 0.05) is 24.7 Å². The van der Waals surface area contributed by atoms with E-state index in [1.807, 2.05) is 0 Å². The molecule has 0 aliphatic carbocycles. The standard InChI is InChI=1S/C17H12F4N6O2S/c1-26-16-10(7-23-26)4-12(18)6-14(16)25-30(28,29)13-8-24-27(9-13)15-5-11(2-3-22-15)17(19,20)21/h2-9,25H,1H3. The van der Waals surface area contributed by atoms with Crippen LogP contribution in [0.25, 0.3) is 16.7 Å². The number of rotatable bonds is 4. The van der Waals surface area contributed by atoms with Gasteiger partial charge in [0.15, 0.2) is 5.82 Å². The van der Waals surface area contributed by atoms with Crippen molar-refractivity contribution in [3.8, 4) is 5.82 Å². The fraction of sp³-hybridized carbons (Fsp3) is 0.118. The Kier molecular flexibility index (Phi) is 4.49. The van der Waals surface area contributed by atoms with Gasteiger partial charge in [-0.2, -0.15) is 23.4 Å². The van der Waals surface area contributed by atoms with Crippen molar-refractivity contribution < 1.29 is 26.0 Å². The number of anilines is 1. The Labute approximate surface area is 166 Å². The molecule has 0 spiro atoms. The number of alkyl halides is 3. The second-order valence-corrected chi connectivity index (χ2v) is 7.97.